The minimum absolute atomic E-state index is 0.0991. The number of benzene rings is 1. The molecule has 0 aliphatic carbocycles. The van der Waals surface area contributed by atoms with E-state index in [1.807, 2.05) is 16.8 Å². The first kappa shape index (κ1) is 47.5. The number of Topliss-reactive ketones (excluding diaryl/α,β-unsaturated/α-hetero) is 2. The standard InChI is InChI=1S/C40H62N8O11/c41-11-16-54-20-24-58-28-27-57-23-19-53-15-10-33(50)6-4-13-51-17-21-55-25-26-56-22-18-52-14-9-32(49)5-2-1-3-12-48-39-36(38(42)44-30-45-39)37(47-48)31-7-8-35-34(29-31)46-40(43)59-35/h7-8,29-30H,1-6,9-28,41H2,(H2,43,46)(H2,42,44,45). The van der Waals surface area contributed by atoms with Crippen molar-refractivity contribution in [2.45, 2.75) is 57.9 Å². The van der Waals surface area contributed by atoms with E-state index in [0.717, 1.165) is 24.8 Å². The highest BCUT2D eigenvalue weighted by Gasteiger charge is 2.18. The molecule has 0 bridgehead atoms. The molecule has 3 aromatic heterocycles. The van der Waals surface area contributed by atoms with Crippen LogP contribution in [0.5, 0.6) is 0 Å². The van der Waals surface area contributed by atoms with E-state index >= 15 is 0 Å². The fourth-order valence-electron chi connectivity index (χ4n) is 5.84. The van der Waals surface area contributed by atoms with Crippen LogP contribution in [0.3, 0.4) is 0 Å². The van der Waals surface area contributed by atoms with Crippen LogP contribution in [0.1, 0.15) is 51.4 Å². The molecule has 1 aromatic carbocycles. The number of nitrogen functional groups attached to an aromatic ring is 2. The Morgan fingerprint density at radius 1 is 0.610 bits per heavy atom. The van der Waals surface area contributed by atoms with Gasteiger partial charge >= 0.3 is 0 Å². The predicted molar refractivity (Wildman–Crippen MR) is 220 cm³/mol. The summed E-state index contributed by atoms with van der Waals surface area (Å²) in [5.74, 6) is 0.670. The normalized spacial score (nSPS) is 11.7. The molecule has 4 aromatic rings. The van der Waals surface area contributed by atoms with Gasteiger partial charge in [-0.1, -0.05) is 6.42 Å². The highest BCUT2D eigenvalue weighted by molar-refractivity contribution is 5.99. The van der Waals surface area contributed by atoms with Crippen LogP contribution in [0.15, 0.2) is 28.9 Å². The molecule has 328 valence electrons. The second kappa shape index (κ2) is 29.1. The molecule has 3 heterocycles. The molecule has 19 nitrogen and oxygen atoms in total. The van der Waals surface area contributed by atoms with E-state index < -0.39 is 0 Å². The minimum Gasteiger partial charge on any atom is -0.424 e. The highest BCUT2D eigenvalue weighted by atomic mass is 16.6. The lowest BCUT2D eigenvalue weighted by Gasteiger charge is -2.08. The molecule has 0 aliphatic heterocycles. The first-order valence-electron chi connectivity index (χ1n) is 20.4. The average Bonchev–Trinajstić information content (AvgIpc) is 3.80. The third kappa shape index (κ3) is 18.7. The first-order chi connectivity index (χ1) is 29.0. The molecule has 0 amide bonds. The van der Waals surface area contributed by atoms with Crippen molar-refractivity contribution < 1.29 is 51.9 Å². The third-order valence-electron chi connectivity index (χ3n) is 8.85. The molecule has 59 heavy (non-hydrogen) atoms. The summed E-state index contributed by atoms with van der Waals surface area (Å²) in [6, 6.07) is 5.63. The Morgan fingerprint density at radius 2 is 1.15 bits per heavy atom. The van der Waals surface area contributed by atoms with E-state index in [9.17, 15) is 9.59 Å². The first-order valence-corrected chi connectivity index (χ1v) is 20.4. The second-order valence-corrected chi connectivity index (χ2v) is 13.4. The largest absolute Gasteiger partial charge is 0.424 e. The topological polar surface area (TPSA) is 256 Å². The summed E-state index contributed by atoms with van der Waals surface area (Å²) in [6.45, 7) is 8.45. The highest BCUT2D eigenvalue weighted by Crippen LogP contribution is 2.32. The van der Waals surface area contributed by atoms with Crippen molar-refractivity contribution in [3.8, 4) is 11.3 Å². The van der Waals surface area contributed by atoms with Gasteiger partial charge in [0.15, 0.2) is 11.2 Å². The minimum atomic E-state index is 0.0991. The maximum atomic E-state index is 12.4. The Hall–Kier alpha value is -4.18. The number of anilines is 2. The van der Waals surface area contributed by atoms with Gasteiger partial charge in [-0.25, -0.2) is 14.6 Å². The quantitative estimate of drug-likeness (QED) is 0.0552. The number of ketones is 2. The lowest BCUT2D eigenvalue weighted by atomic mass is 10.1. The number of nitrogens with two attached hydrogens (primary N) is 3. The van der Waals surface area contributed by atoms with Crippen molar-refractivity contribution in [3.63, 3.8) is 0 Å². The van der Waals surface area contributed by atoms with Crippen LogP contribution >= 0.6 is 0 Å². The van der Waals surface area contributed by atoms with Crippen LogP contribution < -0.4 is 17.2 Å². The molecule has 19 heteroatoms. The Kier molecular flexibility index (Phi) is 23.4. The van der Waals surface area contributed by atoms with E-state index in [2.05, 4.69) is 15.0 Å². The number of aromatic nitrogens is 5. The van der Waals surface area contributed by atoms with Crippen LogP contribution in [-0.4, -0.2) is 149 Å². The van der Waals surface area contributed by atoms with Gasteiger partial charge < -0.3 is 59.5 Å². The number of carbonyl (C=O) groups is 2. The van der Waals surface area contributed by atoms with E-state index in [-0.39, 0.29) is 17.6 Å². The number of carbonyl (C=O) groups excluding carboxylic acids is 2. The number of rotatable bonds is 37. The summed E-state index contributed by atoms with van der Waals surface area (Å²) >= 11 is 0. The van der Waals surface area contributed by atoms with E-state index in [0.29, 0.717) is 185 Å². The number of fused-ring (bicyclic) bond motifs is 2. The molecular weight excluding hydrogens is 768 g/mol. The van der Waals surface area contributed by atoms with Crippen molar-refractivity contribution in [2.24, 2.45) is 5.73 Å². The Balaban J connectivity index is 0.889. The van der Waals surface area contributed by atoms with E-state index in [4.69, 9.17) is 64.6 Å². The Labute approximate surface area is 344 Å². The number of hydrogen-bond donors (Lipinski definition) is 3. The molecule has 0 aliphatic rings. The summed E-state index contributed by atoms with van der Waals surface area (Å²) in [7, 11) is 0. The van der Waals surface area contributed by atoms with Crippen molar-refractivity contribution in [2.75, 3.05) is 124 Å². The van der Waals surface area contributed by atoms with Gasteiger partial charge in [0, 0.05) is 50.9 Å². The van der Waals surface area contributed by atoms with Gasteiger partial charge in [0.05, 0.1) is 104 Å². The number of hydrogen-bond acceptors (Lipinski definition) is 18. The van der Waals surface area contributed by atoms with E-state index in [1.165, 1.54) is 6.33 Å². The Morgan fingerprint density at radius 3 is 1.75 bits per heavy atom. The maximum absolute atomic E-state index is 12.4. The van der Waals surface area contributed by atoms with Gasteiger partial charge in [0.1, 0.15) is 34.9 Å². The maximum Gasteiger partial charge on any atom is 0.292 e. The zero-order valence-corrected chi connectivity index (χ0v) is 34.2. The number of ether oxygens (including phenoxy) is 8. The average molecular weight is 831 g/mol. The van der Waals surface area contributed by atoms with Crippen molar-refractivity contribution >= 4 is 45.5 Å². The van der Waals surface area contributed by atoms with Gasteiger partial charge in [0.2, 0.25) is 0 Å². The van der Waals surface area contributed by atoms with Crippen LogP contribution in [0.4, 0.5) is 11.8 Å². The molecule has 0 spiro atoms. The van der Waals surface area contributed by atoms with Crippen LogP contribution in [0, 0.1) is 0 Å². The van der Waals surface area contributed by atoms with Crippen molar-refractivity contribution in [1.82, 2.24) is 24.7 Å². The Bertz CT molecular complexity index is 1770. The van der Waals surface area contributed by atoms with Crippen molar-refractivity contribution in [3.05, 3.63) is 24.5 Å². The molecule has 0 fully saturated rings. The molecule has 4 rings (SSSR count). The smallest absolute Gasteiger partial charge is 0.292 e. The zero-order valence-electron chi connectivity index (χ0n) is 34.2. The van der Waals surface area contributed by atoms with Gasteiger partial charge in [0.25, 0.3) is 6.01 Å². The SMILES string of the molecule is NCCOCCOCCOCCOCCC(=O)CCCOCCOCCOCCOCCC(=O)CCCCCn1nc(-c2ccc3oc(N)nc3c2)c2c(N)ncnc21. The summed E-state index contributed by atoms with van der Waals surface area (Å²) < 4.78 is 50.8. The fourth-order valence-corrected chi connectivity index (χ4v) is 5.84. The monoisotopic (exact) mass is 830 g/mol. The lowest BCUT2D eigenvalue weighted by molar-refractivity contribution is -0.121. The zero-order chi connectivity index (χ0) is 41.8. The number of unbranched alkanes of at least 4 members (excludes halogenated alkanes) is 2. The predicted octanol–water partition coefficient (Wildman–Crippen LogP) is 3.15. The van der Waals surface area contributed by atoms with Gasteiger partial charge in [-0.2, -0.15) is 10.1 Å². The summed E-state index contributed by atoms with van der Waals surface area (Å²) in [6.07, 6.45) is 6.26. The summed E-state index contributed by atoms with van der Waals surface area (Å²) in [5.41, 5.74) is 20.6. The molecule has 0 saturated carbocycles. The number of aryl methyl sites for hydroxylation is 1. The molecule has 0 radical (unpaired) electrons. The molecule has 0 atom stereocenters. The second-order valence-electron chi connectivity index (χ2n) is 13.4. The number of oxazole rings is 1. The van der Waals surface area contributed by atoms with Crippen LogP contribution in [0.25, 0.3) is 33.4 Å². The van der Waals surface area contributed by atoms with Crippen LogP contribution in [-0.2, 0) is 54.0 Å². The fraction of sp³-hybridized carbons (Fsp3) is 0.650. The van der Waals surface area contributed by atoms with Crippen molar-refractivity contribution in [1.29, 1.82) is 0 Å². The third-order valence-corrected chi connectivity index (χ3v) is 8.85. The van der Waals surface area contributed by atoms with Gasteiger partial charge in [-0.05, 0) is 37.5 Å². The molecular formula is C40H62N8O11. The lowest BCUT2D eigenvalue weighted by Crippen LogP contribution is -2.14. The number of nitrogens with zero attached hydrogens (tertiary/aromatic N) is 5. The van der Waals surface area contributed by atoms with Crippen LogP contribution in [0.2, 0.25) is 0 Å². The molecule has 6 N–H and O–H groups in total. The van der Waals surface area contributed by atoms with Gasteiger partial charge in [-0.3, -0.25) is 9.59 Å². The summed E-state index contributed by atoms with van der Waals surface area (Å²) in [4.78, 5) is 37.2. The molecule has 0 saturated heterocycles. The summed E-state index contributed by atoms with van der Waals surface area (Å²) in [5, 5.41) is 5.49. The van der Waals surface area contributed by atoms with Gasteiger partial charge in [-0.15, -0.1) is 0 Å². The molecule has 0 unspecified atom stereocenters. The van der Waals surface area contributed by atoms with E-state index in [1.54, 1.807) is 6.07 Å².